The van der Waals surface area contributed by atoms with Gasteiger partial charge in [0, 0.05) is 27.7 Å². The maximum Gasteiger partial charge on any atom is 0.217 e. The molecule has 9 fully saturated rings. The van der Waals surface area contributed by atoms with E-state index in [1.165, 1.54) is 0 Å². The smallest absolute Gasteiger partial charge is 0.217 e. The van der Waals surface area contributed by atoms with Gasteiger partial charge in [0.1, 0.15) is 238 Å². The van der Waals surface area contributed by atoms with Crippen LogP contribution in [0.4, 0.5) is 0 Å². The Morgan fingerprint density at radius 1 is 0.276 bits per heavy atom. The zero-order chi connectivity index (χ0) is 90.9. The van der Waals surface area contributed by atoms with Gasteiger partial charge in [0.15, 0.2) is 56.6 Å². The zero-order valence-electron chi connectivity index (χ0n) is 66.0. The van der Waals surface area contributed by atoms with Crippen LogP contribution in [0.1, 0.15) is 27.7 Å². The van der Waals surface area contributed by atoms with Crippen LogP contribution in [0.3, 0.4) is 0 Å². The van der Waals surface area contributed by atoms with Gasteiger partial charge in [-0.2, -0.15) is 0 Å². The first-order valence-electron chi connectivity index (χ1n) is 39.1. The molecule has 0 aromatic heterocycles. The standard InChI is InChI=1S/C68H116N4O51/c1-16(82)69-20(5-73)34(87)53(21(86)6-74)117-66-52(105)57(121-68-59(47(100)38(91)25(10-78)111-68)123-62-33(72-19(4)85)43(96)56(28(13-81)114-62)120-65-51(104)46(99)37(90)24(9-77)110-65)40(93)30(115-66)15-107-67-58(122-61-32(71-18(3)84)42(95)55(27(12-80)113-61)119-64-50(103)45(98)36(89)23(8-76)109-64)48(101)39(92)29(116-67)14-106-60-31(70-17(2)83)41(94)54(26(11-79)112-60)118-63-49(102)44(97)35(88)22(7-75)108-63/h20-68,73-81,86-105H,5-15H2,1-4H3,(H,69,82)(H,70,83)(H,71,84)(H,72,85)/t20-,21+,22+,23+,24+,25+,26+,27+,28+,29+,30+,31+,32+,33+,34+,35-,36-,37-,38+,39+,40+,41+,42+,43+,44-,45-,46-,47-,48-,49+,50+,51+,52-,53+,54+,55+,56+,57-,58-,59-,60+,61-,62-,63-,64-,65-,66-,67-,68+/m0/s1. The highest BCUT2D eigenvalue weighted by molar-refractivity contribution is 5.74. The van der Waals surface area contributed by atoms with Crippen LogP contribution >= 0.6 is 0 Å². The number of aliphatic hydroxyl groups is 29. The van der Waals surface area contributed by atoms with Gasteiger partial charge in [0.2, 0.25) is 23.6 Å². The van der Waals surface area contributed by atoms with Crippen molar-refractivity contribution in [1.82, 2.24) is 21.3 Å². The summed E-state index contributed by atoms with van der Waals surface area (Å²) in [5.74, 6) is -3.82. The van der Waals surface area contributed by atoms with Crippen molar-refractivity contribution in [2.24, 2.45) is 0 Å². The summed E-state index contributed by atoms with van der Waals surface area (Å²) >= 11 is 0. The number of nitrogens with one attached hydrogen (secondary N) is 4. The van der Waals surface area contributed by atoms with E-state index in [0.717, 1.165) is 27.7 Å². The first kappa shape index (κ1) is 103. The van der Waals surface area contributed by atoms with E-state index in [4.69, 9.17) is 85.3 Å². The summed E-state index contributed by atoms with van der Waals surface area (Å²) in [7, 11) is 0. The van der Waals surface area contributed by atoms with Crippen LogP contribution in [-0.2, 0) is 104 Å². The Balaban J connectivity index is 1.08. The highest BCUT2D eigenvalue weighted by Gasteiger charge is 2.61. The van der Waals surface area contributed by atoms with Gasteiger partial charge in [-0.25, -0.2) is 0 Å². The summed E-state index contributed by atoms with van der Waals surface area (Å²) in [6.07, 6.45) is -96.7. The number of hydrogen-bond acceptors (Lipinski definition) is 51. The number of hydrogen-bond donors (Lipinski definition) is 33. The Bertz CT molecular complexity index is 3250. The largest absolute Gasteiger partial charge is 0.394 e. The van der Waals surface area contributed by atoms with Gasteiger partial charge in [0.05, 0.1) is 78.7 Å². The van der Waals surface area contributed by atoms with Gasteiger partial charge in [-0.1, -0.05) is 0 Å². The first-order chi connectivity index (χ1) is 58.2. The van der Waals surface area contributed by atoms with Crippen LogP contribution in [0.5, 0.6) is 0 Å². The predicted molar refractivity (Wildman–Crippen MR) is 378 cm³/mol. The molecular formula is C68H116N4O51. The van der Waals surface area contributed by atoms with Crippen LogP contribution in [0.15, 0.2) is 0 Å². The molecule has 9 aliphatic heterocycles. The Hall–Kier alpha value is -4.00. The van der Waals surface area contributed by atoms with E-state index in [-0.39, 0.29) is 0 Å². The second-order valence-corrected chi connectivity index (χ2v) is 30.8. The maximum atomic E-state index is 13.1. The summed E-state index contributed by atoms with van der Waals surface area (Å²) < 4.78 is 107. The van der Waals surface area contributed by atoms with Gasteiger partial charge in [-0.05, 0) is 0 Å². The molecule has 0 bridgehead atoms. The summed E-state index contributed by atoms with van der Waals surface area (Å²) in [4.78, 5) is 51.3. The molecule has 49 atom stereocenters. The normalized spacial score (nSPS) is 46.7. The third-order valence-electron chi connectivity index (χ3n) is 22.1. The molecule has 4 amide bonds. The quantitative estimate of drug-likeness (QED) is 0.0277. The van der Waals surface area contributed by atoms with Crippen molar-refractivity contribution in [2.75, 3.05) is 72.7 Å². The van der Waals surface area contributed by atoms with Crippen LogP contribution < -0.4 is 21.3 Å². The summed E-state index contributed by atoms with van der Waals surface area (Å²) in [6, 6.07) is -7.66. The number of rotatable bonds is 36. The average Bonchev–Trinajstić information content (AvgIpc) is 0.763. The minimum absolute atomic E-state index is 0.903. The SMILES string of the molecule is CC(=O)N[C@H]1[C@H](OC[C@H]2O[C@H](OC[C@H]3O[C@@H](O[C@@H]([C@H](O)[C@H](CO)NC(C)=O)[C@H](O)CO)[C@@H](O)[C@@H](O[C@H]4O[C@H](CO)[C@@H](O)[C@H](O)[C@@H]4O[C@@H]4O[C@H](CO)[C@@H](O[C@@H]5O[C@H](CO)[C@H](O)[C@H](O)[C@H]5O)[C@H](O)[C@H]4NC(C)=O)[C@@H]3O)[C@@H](O[C@@H]3O[C@H](CO)[C@@H](O[C@@H]4O[C@H](CO)[C@H](O)[C@H](O)[C@H]4O)[C@H](O)[C@H]3NC(C)=O)[C@@H](O)[C@@H]2O)O[C@H](CO)[C@@H](O[C@@H]2O[C@H](CO)[C@H](O)[C@H](O)[C@H]2O)[C@@H]1O. The third kappa shape index (κ3) is 23.5. The minimum Gasteiger partial charge on any atom is -0.394 e. The van der Waals surface area contributed by atoms with Crippen LogP contribution in [0.2, 0.25) is 0 Å². The monoisotopic (exact) mass is 1800 g/mol. The lowest BCUT2D eigenvalue weighted by Crippen LogP contribution is -2.70. The van der Waals surface area contributed by atoms with Crippen molar-refractivity contribution in [1.29, 1.82) is 0 Å². The van der Waals surface area contributed by atoms with Crippen molar-refractivity contribution < 1.29 is 253 Å². The van der Waals surface area contributed by atoms with Crippen molar-refractivity contribution in [3.63, 3.8) is 0 Å². The van der Waals surface area contributed by atoms with E-state index in [2.05, 4.69) is 21.3 Å². The number of amides is 4. The lowest BCUT2D eigenvalue weighted by Gasteiger charge is -2.50. The molecule has 9 rings (SSSR count). The second-order valence-electron chi connectivity index (χ2n) is 30.8. The average molecular weight is 1810 g/mol. The number of aliphatic hydroxyl groups excluding tert-OH is 29. The van der Waals surface area contributed by atoms with Gasteiger partial charge < -0.3 is 255 Å². The molecule has 123 heavy (non-hydrogen) atoms. The Morgan fingerprint density at radius 2 is 0.569 bits per heavy atom. The van der Waals surface area contributed by atoms with E-state index < -0.39 is 397 Å². The Kier molecular flexibility index (Phi) is 38.2. The van der Waals surface area contributed by atoms with Crippen LogP contribution in [-0.4, -0.2) is 545 Å². The van der Waals surface area contributed by atoms with Gasteiger partial charge in [-0.15, -0.1) is 0 Å². The van der Waals surface area contributed by atoms with Crippen molar-refractivity contribution in [3.8, 4) is 0 Å². The molecular weight excluding hydrogens is 1690 g/mol. The molecule has 33 N–H and O–H groups in total. The number of ether oxygens (including phenoxy) is 18. The lowest BCUT2D eigenvalue weighted by atomic mass is 9.94. The van der Waals surface area contributed by atoms with E-state index >= 15 is 0 Å². The van der Waals surface area contributed by atoms with E-state index in [0.29, 0.717) is 0 Å². The molecule has 9 heterocycles. The Labute approximate surface area is 696 Å². The van der Waals surface area contributed by atoms with Crippen LogP contribution in [0.25, 0.3) is 0 Å². The molecule has 714 valence electrons. The van der Waals surface area contributed by atoms with Crippen molar-refractivity contribution in [3.05, 3.63) is 0 Å². The molecule has 0 radical (unpaired) electrons. The highest BCUT2D eigenvalue weighted by Crippen LogP contribution is 2.40. The second kappa shape index (κ2) is 45.7. The molecule has 55 nitrogen and oxygen atoms in total. The van der Waals surface area contributed by atoms with Crippen molar-refractivity contribution >= 4 is 23.6 Å². The van der Waals surface area contributed by atoms with Gasteiger partial charge in [0.25, 0.3) is 0 Å². The molecule has 0 aliphatic carbocycles. The van der Waals surface area contributed by atoms with E-state index in [9.17, 15) is 167 Å². The molecule has 0 saturated carbocycles. The molecule has 9 saturated heterocycles. The lowest BCUT2D eigenvalue weighted by molar-refractivity contribution is -0.396. The summed E-state index contributed by atoms with van der Waals surface area (Å²) in [5, 5.41) is 331. The fourth-order valence-electron chi connectivity index (χ4n) is 15.4. The van der Waals surface area contributed by atoms with Crippen LogP contribution in [0, 0.1) is 0 Å². The topological polar surface area (TPSA) is 869 Å². The summed E-state index contributed by atoms with van der Waals surface area (Å²) in [5.41, 5.74) is 0. The molecule has 9 aliphatic rings. The number of carbonyl (C=O) groups is 4. The third-order valence-corrected chi connectivity index (χ3v) is 22.1. The van der Waals surface area contributed by atoms with E-state index in [1.54, 1.807) is 0 Å². The molecule has 0 aromatic rings. The molecule has 55 heteroatoms. The fraction of sp³-hybridized carbons (Fsp3) is 0.941. The molecule has 0 aromatic carbocycles. The fourth-order valence-corrected chi connectivity index (χ4v) is 15.4. The predicted octanol–water partition coefficient (Wildman–Crippen LogP) is -22.6. The van der Waals surface area contributed by atoms with Gasteiger partial charge in [-0.3, -0.25) is 19.2 Å². The van der Waals surface area contributed by atoms with Gasteiger partial charge >= 0.3 is 0 Å². The molecule has 0 spiro atoms. The first-order valence-corrected chi connectivity index (χ1v) is 39.1. The molecule has 0 unspecified atom stereocenters. The number of carbonyl (C=O) groups excluding carboxylic acids is 4. The van der Waals surface area contributed by atoms with Crippen molar-refractivity contribution in [2.45, 2.75) is 328 Å². The highest BCUT2D eigenvalue weighted by atomic mass is 16.8. The zero-order valence-corrected chi connectivity index (χ0v) is 66.0. The maximum absolute atomic E-state index is 13.1. The Morgan fingerprint density at radius 3 is 0.927 bits per heavy atom. The van der Waals surface area contributed by atoms with E-state index in [1.807, 2.05) is 0 Å². The minimum atomic E-state index is -2.65. The summed E-state index contributed by atoms with van der Waals surface area (Å²) in [6.45, 7) is -8.86.